The van der Waals surface area contributed by atoms with Gasteiger partial charge in [0, 0.05) is 0 Å². The molecule has 0 amide bonds. The molecule has 0 saturated carbocycles. The van der Waals surface area contributed by atoms with Crippen LogP contribution in [0.4, 0.5) is 21.5 Å². The Bertz CT molecular complexity index is 879. The quantitative estimate of drug-likeness (QED) is 0.910. The number of fused-ring (bicyclic) bond motifs is 3. The van der Waals surface area contributed by atoms with Gasteiger partial charge in [-0.25, -0.2) is 19.4 Å². The first-order valence-electron chi connectivity index (χ1n) is 7.75. The Labute approximate surface area is 144 Å². The van der Waals surface area contributed by atoms with Crippen LogP contribution < -0.4 is 15.6 Å². The van der Waals surface area contributed by atoms with Crippen LogP contribution in [0, 0.1) is 11.7 Å². The molecule has 2 aliphatic rings. The highest BCUT2D eigenvalue weighted by Gasteiger charge is 2.40. The second-order valence-electron chi connectivity index (χ2n) is 6.01. The van der Waals surface area contributed by atoms with Crippen LogP contribution >= 0.6 is 0 Å². The third-order valence-electron chi connectivity index (χ3n) is 4.00. The Hall–Kier alpha value is -2.90. The fourth-order valence-corrected chi connectivity index (χ4v) is 2.87. The maximum atomic E-state index is 13.6. The van der Waals surface area contributed by atoms with Gasteiger partial charge in [0.05, 0.1) is 22.8 Å². The van der Waals surface area contributed by atoms with Crippen molar-refractivity contribution in [1.82, 2.24) is 5.53 Å². The lowest BCUT2D eigenvalue weighted by molar-refractivity contribution is 0.387. The number of aliphatic hydroxyl groups excluding tert-OH is 1. The van der Waals surface area contributed by atoms with Crippen molar-refractivity contribution in [3.63, 3.8) is 0 Å². The van der Waals surface area contributed by atoms with E-state index in [0.29, 0.717) is 11.4 Å². The molecule has 0 saturated heterocycles. The number of nitrogens with zero attached hydrogens (tertiary/aromatic N) is 4. The van der Waals surface area contributed by atoms with Crippen molar-refractivity contribution >= 4 is 22.8 Å². The number of aliphatic imine (C=N–C) groups is 1. The molecule has 2 aromatic carbocycles. The largest absolute Gasteiger partial charge is 0.492 e. The molecule has 129 valence electrons. The van der Waals surface area contributed by atoms with Crippen LogP contribution in [-0.2, 0) is 0 Å². The first kappa shape index (κ1) is 16.9. The molecule has 0 atom stereocenters. The first-order chi connectivity index (χ1) is 11.6. The third-order valence-corrected chi connectivity index (χ3v) is 4.00. The van der Waals surface area contributed by atoms with Gasteiger partial charge in [0.15, 0.2) is 0 Å². The van der Waals surface area contributed by atoms with Crippen molar-refractivity contribution in [3.8, 4) is 0 Å². The number of anilines is 2. The van der Waals surface area contributed by atoms with Gasteiger partial charge >= 0.3 is 0 Å². The minimum absolute atomic E-state index is 0. The highest BCUT2D eigenvalue weighted by atomic mass is 19.1. The predicted molar refractivity (Wildman–Crippen MR) is 95.1 cm³/mol. The summed E-state index contributed by atoms with van der Waals surface area (Å²) in [6.07, 6.45) is 0. The summed E-state index contributed by atoms with van der Waals surface area (Å²) in [6, 6.07) is 13.6. The van der Waals surface area contributed by atoms with E-state index in [1.54, 1.807) is 17.1 Å². The van der Waals surface area contributed by atoms with Crippen molar-refractivity contribution in [2.24, 2.45) is 10.9 Å². The molecule has 4 rings (SSSR count). The summed E-state index contributed by atoms with van der Waals surface area (Å²) in [5.74, 6) is -0.341. The zero-order valence-corrected chi connectivity index (χ0v) is 13.8. The van der Waals surface area contributed by atoms with Crippen molar-refractivity contribution in [3.05, 3.63) is 65.9 Å². The highest BCUT2D eigenvalue weighted by molar-refractivity contribution is 6.10. The van der Waals surface area contributed by atoms with Crippen molar-refractivity contribution in [2.75, 3.05) is 10.0 Å². The normalized spacial score (nSPS) is 15.8. The molecule has 1 radical (unpaired) electrons. The Morgan fingerprint density at radius 2 is 1.80 bits per heavy atom. The molecule has 0 unspecified atom stereocenters. The van der Waals surface area contributed by atoms with Crippen LogP contribution in [0.2, 0.25) is 0 Å². The Morgan fingerprint density at radius 3 is 2.52 bits per heavy atom. The minimum Gasteiger partial charge on any atom is -0.492 e. The van der Waals surface area contributed by atoms with E-state index in [1.165, 1.54) is 17.1 Å². The number of halogens is 1. The molecule has 7 heteroatoms. The molecule has 2 aromatic rings. The van der Waals surface area contributed by atoms with Crippen LogP contribution in [0.1, 0.15) is 13.8 Å². The maximum Gasteiger partial charge on any atom is 0.237 e. The average molecular weight is 341 g/mol. The summed E-state index contributed by atoms with van der Waals surface area (Å²) in [5, 5.41) is 13.7. The number of para-hydroxylation sites is 2. The number of hydrogen-bond donors (Lipinski definition) is 1. The van der Waals surface area contributed by atoms with E-state index in [9.17, 15) is 9.50 Å². The molecule has 0 aromatic heterocycles. The van der Waals surface area contributed by atoms with Crippen LogP contribution in [0.25, 0.3) is 0 Å². The van der Waals surface area contributed by atoms with Gasteiger partial charge in [0.2, 0.25) is 5.88 Å². The van der Waals surface area contributed by atoms with Gasteiger partial charge in [-0.1, -0.05) is 32.0 Å². The number of rotatable bonds is 2. The SMILES string of the molecule is CC(C)C1=Nc2ccccc2N2[N]N(c3cccc(F)c3)C(O)=C12.O. The number of aliphatic hydroxyl groups is 1. The van der Waals surface area contributed by atoms with E-state index in [4.69, 9.17) is 0 Å². The molecule has 0 spiro atoms. The van der Waals surface area contributed by atoms with Crippen LogP contribution in [0.3, 0.4) is 0 Å². The molecule has 0 fully saturated rings. The Morgan fingerprint density at radius 1 is 1.04 bits per heavy atom. The van der Waals surface area contributed by atoms with E-state index >= 15 is 0 Å². The van der Waals surface area contributed by atoms with Crippen molar-refractivity contribution in [1.29, 1.82) is 0 Å². The molecule has 6 nitrogen and oxygen atoms in total. The summed E-state index contributed by atoms with van der Waals surface area (Å²) in [6.45, 7) is 4.02. The van der Waals surface area contributed by atoms with Crippen molar-refractivity contribution in [2.45, 2.75) is 13.8 Å². The zero-order chi connectivity index (χ0) is 16.8. The maximum absolute atomic E-state index is 13.6. The average Bonchev–Trinajstić information content (AvgIpc) is 2.92. The lowest BCUT2D eigenvalue weighted by Gasteiger charge is -2.27. The predicted octanol–water partition coefficient (Wildman–Crippen LogP) is 3.23. The van der Waals surface area contributed by atoms with E-state index < -0.39 is 0 Å². The smallest absolute Gasteiger partial charge is 0.237 e. The third kappa shape index (κ3) is 2.63. The fraction of sp³-hybridized carbons (Fsp3) is 0.167. The number of benzene rings is 2. The molecule has 25 heavy (non-hydrogen) atoms. The summed E-state index contributed by atoms with van der Waals surface area (Å²) in [7, 11) is 0. The van der Waals surface area contributed by atoms with Gasteiger partial charge in [-0.15, -0.1) is 0 Å². The zero-order valence-electron chi connectivity index (χ0n) is 13.8. The standard InChI is InChI=1S/C18H16FN4O.H2O/c1-11(2)16-17-18(24)22(13-7-5-6-12(19)10-13)21-23(17)15-9-4-3-8-14(15)20-16;/h3-11,24H,1-2H3;1H2. The number of allylic oxidation sites excluding steroid dienone is 1. The minimum atomic E-state index is -0.386. The molecule has 0 bridgehead atoms. The lowest BCUT2D eigenvalue weighted by atomic mass is 10.0. The van der Waals surface area contributed by atoms with E-state index in [2.05, 4.69) is 10.5 Å². The monoisotopic (exact) mass is 341 g/mol. The fourth-order valence-electron chi connectivity index (χ4n) is 2.87. The summed E-state index contributed by atoms with van der Waals surface area (Å²) in [4.78, 5) is 4.68. The van der Waals surface area contributed by atoms with Gasteiger partial charge in [0.25, 0.3) is 0 Å². The van der Waals surface area contributed by atoms with Gasteiger partial charge < -0.3 is 10.6 Å². The summed E-state index contributed by atoms with van der Waals surface area (Å²) in [5.41, 5.74) is 7.78. The Balaban J connectivity index is 0.00000182. The van der Waals surface area contributed by atoms with E-state index in [-0.39, 0.29) is 23.1 Å². The Kier molecular flexibility index (Phi) is 4.20. The lowest BCUT2D eigenvalue weighted by Crippen LogP contribution is -2.37. The molecule has 0 aliphatic carbocycles. The van der Waals surface area contributed by atoms with E-state index in [1.807, 2.05) is 38.1 Å². The van der Waals surface area contributed by atoms with Gasteiger partial charge in [-0.2, -0.15) is 0 Å². The molecular formula is C18H18FN4O2. The molecule has 3 N–H and O–H groups in total. The molecular weight excluding hydrogens is 323 g/mol. The van der Waals surface area contributed by atoms with Crippen LogP contribution in [0.15, 0.2) is 65.1 Å². The van der Waals surface area contributed by atoms with Gasteiger partial charge in [-0.3, -0.25) is 0 Å². The van der Waals surface area contributed by atoms with Gasteiger partial charge in [0.1, 0.15) is 11.5 Å². The van der Waals surface area contributed by atoms with Gasteiger partial charge in [-0.05, 0) is 41.8 Å². The molecule has 2 aliphatic heterocycles. The second kappa shape index (κ2) is 6.19. The molecule has 2 heterocycles. The van der Waals surface area contributed by atoms with Crippen LogP contribution in [-0.4, -0.2) is 16.3 Å². The summed E-state index contributed by atoms with van der Waals surface area (Å²) >= 11 is 0. The number of hydrogen-bond acceptors (Lipinski definition) is 4. The summed E-state index contributed by atoms with van der Waals surface area (Å²) < 4.78 is 13.6. The van der Waals surface area contributed by atoms with Crippen molar-refractivity contribution < 1.29 is 15.0 Å². The van der Waals surface area contributed by atoms with Crippen LogP contribution in [0.5, 0.6) is 0 Å². The highest BCUT2D eigenvalue weighted by Crippen LogP contribution is 2.41. The first-order valence-corrected chi connectivity index (χ1v) is 7.75. The second-order valence-corrected chi connectivity index (χ2v) is 6.01. The van der Waals surface area contributed by atoms with E-state index in [0.717, 1.165) is 17.1 Å². The topological polar surface area (TPSA) is 84.7 Å².